The fourth-order valence-electron chi connectivity index (χ4n) is 1.39. The van der Waals surface area contributed by atoms with Crippen LogP contribution in [-0.4, -0.2) is 30.6 Å². The maximum Gasteiger partial charge on any atom is 0.189 e. The van der Waals surface area contributed by atoms with Crippen molar-refractivity contribution in [3.05, 3.63) is 23.9 Å². The van der Waals surface area contributed by atoms with Crippen molar-refractivity contribution in [1.29, 1.82) is 0 Å². The standard InChI is InChI=1S/C13H23N5/c1-13(2,3)17-12(14)15-9-10-7-6-8-11(16-10)18(4)5/h6-8H,9H2,1-5H3,(H3,14,15,17). The highest BCUT2D eigenvalue weighted by atomic mass is 15.1. The third-order valence-corrected chi connectivity index (χ3v) is 2.16. The average Bonchev–Trinajstić information content (AvgIpc) is 2.24. The Morgan fingerprint density at radius 3 is 2.61 bits per heavy atom. The molecule has 0 radical (unpaired) electrons. The van der Waals surface area contributed by atoms with E-state index in [1.165, 1.54) is 0 Å². The van der Waals surface area contributed by atoms with Gasteiger partial charge in [-0.1, -0.05) is 6.07 Å². The third kappa shape index (κ3) is 5.03. The van der Waals surface area contributed by atoms with E-state index in [1.807, 2.05) is 58.0 Å². The highest BCUT2D eigenvalue weighted by Gasteiger charge is 2.09. The van der Waals surface area contributed by atoms with E-state index in [0.717, 1.165) is 11.5 Å². The lowest BCUT2D eigenvalue weighted by Crippen LogP contribution is -2.45. The number of aromatic nitrogens is 1. The fourth-order valence-corrected chi connectivity index (χ4v) is 1.39. The molecule has 3 N–H and O–H groups in total. The summed E-state index contributed by atoms with van der Waals surface area (Å²) in [5.74, 6) is 1.37. The Morgan fingerprint density at radius 2 is 2.06 bits per heavy atom. The summed E-state index contributed by atoms with van der Waals surface area (Å²) in [7, 11) is 3.93. The van der Waals surface area contributed by atoms with E-state index in [4.69, 9.17) is 5.73 Å². The SMILES string of the molecule is CN(C)c1cccc(CN=C(N)NC(C)(C)C)n1. The predicted molar refractivity (Wildman–Crippen MR) is 76.8 cm³/mol. The van der Waals surface area contributed by atoms with Gasteiger partial charge in [-0.2, -0.15) is 0 Å². The molecular formula is C13H23N5. The summed E-state index contributed by atoms with van der Waals surface area (Å²) in [4.78, 5) is 10.7. The number of pyridine rings is 1. The molecular weight excluding hydrogens is 226 g/mol. The fraction of sp³-hybridized carbons (Fsp3) is 0.538. The molecule has 0 aromatic carbocycles. The number of guanidine groups is 1. The normalized spacial score (nSPS) is 12.4. The minimum atomic E-state index is -0.0769. The quantitative estimate of drug-likeness (QED) is 0.627. The number of nitrogens with one attached hydrogen (secondary N) is 1. The van der Waals surface area contributed by atoms with E-state index in [0.29, 0.717) is 12.5 Å². The van der Waals surface area contributed by atoms with Crippen molar-refractivity contribution in [2.24, 2.45) is 10.7 Å². The summed E-state index contributed by atoms with van der Waals surface area (Å²) in [5, 5.41) is 3.12. The van der Waals surface area contributed by atoms with Crippen LogP contribution in [0.2, 0.25) is 0 Å². The minimum absolute atomic E-state index is 0.0769. The van der Waals surface area contributed by atoms with Gasteiger partial charge < -0.3 is 16.0 Å². The summed E-state index contributed by atoms with van der Waals surface area (Å²) >= 11 is 0. The Labute approximate surface area is 109 Å². The number of nitrogens with zero attached hydrogens (tertiary/aromatic N) is 3. The van der Waals surface area contributed by atoms with Crippen LogP contribution in [0.3, 0.4) is 0 Å². The zero-order valence-electron chi connectivity index (χ0n) is 11.9. The molecule has 0 aliphatic rings. The first-order valence-corrected chi connectivity index (χ1v) is 5.99. The number of nitrogens with two attached hydrogens (primary N) is 1. The van der Waals surface area contributed by atoms with Gasteiger partial charge in [0.05, 0.1) is 12.2 Å². The van der Waals surface area contributed by atoms with E-state index >= 15 is 0 Å². The van der Waals surface area contributed by atoms with Gasteiger partial charge in [0.15, 0.2) is 5.96 Å². The van der Waals surface area contributed by atoms with Crippen molar-refractivity contribution in [2.75, 3.05) is 19.0 Å². The molecule has 0 fully saturated rings. The van der Waals surface area contributed by atoms with Crippen LogP contribution in [-0.2, 0) is 6.54 Å². The van der Waals surface area contributed by atoms with Crippen molar-refractivity contribution >= 4 is 11.8 Å². The van der Waals surface area contributed by atoms with E-state index in [2.05, 4.69) is 15.3 Å². The zero-order chi connectivity index (χ0) is 13.8. The van der Waals surface area contributed by atoms with Gasteiger partial charge in [0.25, 0.3) is 0 Å². The smallest absolute Gasteiger partial charge is 0.189 e. The molecule has 0 unspecified atom stereocenters. The van der Waals surface area contributed by atoms with Crippen molar-refractivity contribution < 1.29 is 0 Å². The Kier molecular flexibility index (Phi) is 4.53. The van der Waals surface area contributed by atoms with Crippen molar-refractivity contribution in [1.82, 2.24) is 10.3 Å². The molecule has 100 valence electrons. The van der Waals surface area contributed by atoms with E-state index in [1.54, 1.807) is 0 Å². The summed E-state index contributed by atoms with van der Waals surface area (Å²) in [6, 6.07) is 5.88. The van der Waals surface area contributed by atoms with Crippen molar-refractivity contribution in [3.63, 3.8) is 0 Å². The van der Waals surface area contributed by atoms with Gasteiger partial charge in [-0.25, -0.2) is 9.98 Å². The second-order valence-electron chi connectivity index (χ2n) is 5.46. The highest BCUT2D eigenvalue weighted by molar-refractivity contribution is 5.78. The Hall–Kier alpha value is -1.78. The summed E-state index contributed by atoms with van der Waals surface area (Å²) in [6.07, 6.45) is 0. The predicted octanol–water partition coefficient (Wildman–Crippen LogP) is 1.35. The van der Waals surface area contributed by atoms with Gasteiger partial charge >= 0.3 is 0 Å². The molecule has 0 spiro atoms. The maximum absolute atomic E-state index is 5.81. The largest absolute Gasteiger partial charge is 0.370 e. The molecule has 0 aliphatic heterocycles. The van der Waals surface area contributed by atoms with Gasteiger partial charge in [0, 0.05) is 19.6 Å². The Balaban J connectivity index is 2.68. The zero-order valence-corrected chi connectivity index (χ0v) is 11.9. The third-order valence-electron chi connectivity index (χ3n) is 2.16. The van der Waals surface area contributed by atoms with Crippen LogP contribution >= 0.6 is 0 Å². The molecule has 1 heterocycles. The second kappa shape index (κ2) is 5.71. The molecule has 1 aromatic heterocycles. The van der Waals surface area contributed by atoms with Crippen LogP contribution in [0.15, 0.2) is 23.2 Å². The van der Waals surface area contributed by atoms with Gasteiger partial charge in [0.1, 0.15) is 5.82 Å². The first-order chi connectivity index (χ1) is 8.28. The molecule has 1 rings (SSSR count). The topological polar surface area (TPSA) is 66.5 Å². The Bertz CT molecular complexity index is 418. The van der Waals surface area contributed by atoms with Crippen LogP contribution in [0.4, 0.5) is 5.82 Å². The molecule has 0 amide bonds. The number of aliphatic imine (C=N–C) groups is 1. The molecule has 18 heavy (non-hydrogen) atoms. The van der Waals surface area contributed by atoms with Crippen molar-refractivity contribution in [2.45, 2.75) is 32.9 Å². The molecule has 1 aromatic rings. The van der Waals surface area contributed by atoms with Gasteiger partial charge in [-0.3, -0.25) is 0 Å². The summed E-state index contributed by atoms with van der Waals surface area (Å²) in [6.45, 7) is 6.61. The number of hydrogen-bond donors (Lipinski definition) is 2. The highest BCUT2D eigenvalue weighted by Crippen LogP contribution is 2.08. The maximum atomic E-state index is 5.81. The van der Waals surface area contributed by atoms with Crippen LogP contribution in [0.1, 0.15) is 26.5 Å². The molecule has 0 atom stereocenters. The van der Waals surface area contributed by atoms with E-state index in [9.17, 15) is 0 Å². The van der Waals surface area contributed by atoms with Crippen LogP contribution in [0.5, 0.6) is 0 Å². The van der Waals surface area contributed by atoms with Crippen LogP contribution in [0.25, 0.3) is 0 Å². The summed E-state index contributed by atoms with van der Waals surface area (Å²) < 4.78 is 0. The van der Waals surface area contributed by atoms with Gasteiger partial charge in [-0.05, 0) is 32.9 Å². The van der Waals surface area contributed by atoms with Crippen molar-refractivity contribution in [3.8, 4) is 0 Å². The molecule has 0 aliphatic carbocycles. The number of rotatable bonds is 3. The first kappa shape index (κ1) is 14.3. The monoisotopic (exact) mass is 249 g/mol. The van der Waals surface area contributed by atoms with E-state index in [-0.39, 0.29) is 5.54 Å². The molecule has 0 saturated heterocycles. The lowest BCUT2D eigenvalue weighted by Gasteiger charge is -2.21. The number of hydrogen-bond acceptors (Lipinski definition) is 3. The lowest BCUT2D eigenvalue weighted by molar-refractivity contribution is 0.508. The van der Waals surface area contributed by atoms with Crippen LogP contribution < -0.4 is 16.0 Å². The van der Waals surface area contributed by atoms with E-state index < -0.39 is 0 Å². The lowest BCUT2D eigenvalue weighted by atomic mass is 10.1. The molecule has 5 nitrogen and oxygen atoms in total. The Morgan fingerprint density at radius 1 is 1.39 bits per heavy atom. The number of anilines is 1. The van der Waals surface area contributed by atoms with Gasteiger partial charge in [0.2, 0.25) is 0 Å². The average molecular weight is 249 g/mol. The molecule has 5 heteroatoms. The second-order valence-corrected chi connectivity index (χ2v) is 5.46. The molecule has 0 bridgehead atoms. The molecule has 0 saturated carbocycles. The first-order valence-electron chi connectivity index (χ1n) is 5.99. The summed E-state index contributed by atoms with van der Waals surface area (Å²) in [5.41, 5.74) is 6.63. The van der Waals surface area contributed by atoms with Gasteiger partial charge in [-0.15, -0.1) is 0 Å². The van der Waals surface area contributed by atoms with Crippen LogP contribution in [0, 0.1) is 0 Å². The minimum Gasteiger partial charge on any atom is -0.370 e.